The summed E-state index contributed by atoms with van der Waals surface area (Å²) in [6.45, 7) is 7.69. The van der Waals surface area contributed by atoms with Crippen molar-refractivity contribution in [1.29, 1.82) is 0 Å². The minimum atomic E-state index is 0.116. The lowest BCUT2D eigenvalue weighted by Gasteiger charge is -2.46. The average molecular weight is 181 g/mol. The Morgan fingerprint density at radius 1 is 1.46 bits per heavy atom. The van der Waals surface area contributed by atoms with E-state index in [9.17, 15) is 4.79 Å². The zero-order chi connectivity index (χ0) is 9.64. The van der Waals surface area contributed by atoms with Crippen molar-refractivity contribution in [3.05, 3.63) is 0 Å². The second-order valence-corrected chi connectivity index (χ2v) is 5.15. The highest BCUT2D eigenvalue weighted by atomic mass is 16.1. The standard InChI is InChI=1S/C11H19NO/c1-8-9-5-4-6-12(9)11(2,3)7-10(8)13/h8-9H,4-7H2,1-3H3. The maximum absolute atomic E-state index is 11.7. The molecule has 2 rings (SSSR count). The summed E-state index contributed by atoms with van der Waals surface area (Å²) in [7, 11) is 0. The Morgan fingerprint density at radius 2 is 2.15 bits per heavy atom. The van der Waals surface area contributed by atoms with Crippen LogP contribution in [0, 0.1) is 5.92 Å². The molecule has 2 saturated heterocycles. The number of hydrogen-bond donors (Lipinski definition) is 0. The number of nitrogens with zero attached hydrogens (tertiary/aromatic N) is 1. The van der Waals surface area contributed by atoms with Crippen LogP contribution in [0.2, 0.25) is 0 Å². The summed E-state index contributed by atoms with van der Waals surface area (Å²) in [5, 5.41) is 0. The molecule has 0 aromatic carbocycles. The summed E-state index contributed by atoms with van der Waals surface area (Å²) in [6.07, 6.45) is 3.23. The van der Waals surface area contributed by atoms with Crippen molar-refractivity contribution in [3.8, 4) is 0 Å². The topological polar surface area (TPSA) is 20.3 Å². The zero-order valence-electron chi connectivity index (χ0n) is 8.84. The molecule has 2 nitrogen and oxygen atoms in total. The van der Waals surface area contributed by atoms with Crippen molar-refractivity contribution in [1.82, 2.24) is 4.90 Å². The Bertz CT molecular complexity index is 234. The molecule has 2 atom stereocenters. The molecule has 2 unspecified atom stereocenters. The molecule has 2 fully saturated rings. The molecule has 0 spiro atoms. The number of fused-ring (bicyclic) bond motifs is 1. The first-order valence-corrected chi connectivity index (χ1v) is 5.32. The average Bonchev–Trinajstić information content (AvgIpc) is 2.48. The predicted molar refractivity (Wildman–Crippen MR) is 52.6 cm³/mol. The fourth-order valence-electron chi connectivity index (χ4n) is 2.97. The van der Waals surface area contributed by atoms with E-state index in [0.717, 1.165) is 6.42 Å². The lowest BCUT2D eigenvalue weighted by molar-refractivity contribution is -0.133. The molecule has 0 radical (unpaired) electrons. The van der Waals surface area contributed by atoms with Gasteiger partial charge in [-0.1, -0.05) is 6.92 Å². The predicted octanol–water partition coefficient (Wildman–Crippen LogP) is 1.84. The fraction of sp³-hybridized carbons (Fsp3) is 0.909. The van der Waals surface area contributed by atoms with Crippen molar-refractivity contribution < 1.29 is 4.79 Å². The van der Waals surface area contributed by atoms with Gasteiger partial charge in [0.15, 0.2) is 0 Å². The van der Waals surface area contributed by atoms with Crippen molar-refractivity contribution >= 4 is 5.78 Å². The summed E-state index contributed by atoms with van der Waals surface area (Å²) >= 11 is 0. The molecule has 0 saturated carbocycles. The van der Waals surface area contributed by atoms with Gasteiger partial charge in [-0.3, -0.25) is 9.69 Å². The van der Waals surface area contributed by atoms with Crippen LogP contribution in [0.4, 0.5) is 0 Å². The molecule has 0 amide bonds. The summed E-state index contributed by atoms with van der Waals surface area (Å²) in [4.78, 5) is 14.3. The van der Waals surface area contributed by atoms with Gasteiger partial charge >= 0.3 is 0 Å². The number of carbonyl (C=O) groups is 1. The van der Waals surface area contributed by atoms with Gasteiger partial charge in [0.2, 0.25) is 0 Å². The molecule has 0 aromatic rings. The third-order valence-electron chi connectivity index (χ3n) is 3.77. The SMILES string of the molecule is CC1C(=O)CC(C)(C)N2CCCC12. The lowest BCUT2D eigenvalue weighted by Crippen LogP contribution is -2.56. The third-order valence-corrected chi connectivity index (χ3v) is 3.77. The third kappa shape index (κ3) is 1.32. The number of Topliss-reactive ketones (excluding diaryl/α,β-unsaturated/α-hetero) is 1. The number of rotatable bonds is 0. The molecule has 13 heavy (non-hydrogen) atoms. The summed E-state index contributed by atoms with van der Waals surface area (Å²) < 4.78 is 0. The van der Waals surface area contributed by atoms with Crippen LogP contribution in [0.25, 0.3) is 0 Å². The lowest BCUT2D eigenvalue weighted by atomic mass is 9.80. The molecule has 0 N–H and O–H groups in total. The van der Waals surface area contributed by atoms with E-state index >= 15 is 0 Å². The highest BCUT2D eigenvalue weighted by molar-refractivity contribution is 5.83. The minimum Gasteiger partial charge on any atom is -0.299 e. The quantitative estimate of drug-likeness (QED) is 0.568. The Balaban J connectivity index is 2.26. The van der Waals surface area contributed by atoms with Crippen LogP contribution in [0.5, 0.6) is 0 Å². The fourth-order valence-corrected chi connectivity index (χ4v) is 2.97. The van der Waals surface area contributed by atoms with E-state index in [0.29, 0.717) is 11.8 Å². The first-order chi connectivity index (χ1) is 6.02. The van der Waals surface area contributed by atoms with Gasteiger partial charge < -0.3 is 0 Å². The van der Waals surface area contributed by atoms with Gasteiger partial charge in [0.1, 0.15) is 5.78 Å². The first kappa shape index (κ1) is 9.20. The van der Waals surface area contributed by atoms with Gasteiger partial charge in [0.25, 0.3) is 0 Å². The summed E-state index contributed by atoms with van der Waals surface area (Å²) in [6, 6.07) is 0.538. The van der Waals surface area contributed by atoms with Crippen molar-refractivity contribution in [2.24, 2.45) is 5.92 Å². The number of carbonyl (C=O) groups excluding carboxylic acids is 1. The van der Waals surface area contributed by atoms with E-state index in [1.807, 2.05) is 0 Å². The van der Waals surface area contributed by atoms with Crippen molar-refractivity contribution in [2.45, 2.75) is 51.6 Å². The van der Waals surface area contributed by atoms with E-state index in [4.69, 9.17) is 0 Å². The smallest absolute Gasteiger partial charge is 0.139 e. The van der Waals surface area contributed by atoms with E-state index in [2.05, 4.69) is 25.7 Å². The number of hydrogen-bond acceptors (Lipinski definition) is 2. The molecule has 0 aromatic heterocycles. The Hall–Kier alpha value is -0.370. The normalized spacial score (nSPS) is 39.2. The highest BCUT2D eigenvalue weighted by Gasteiger charge is 2.46. The van der Waals surface area contributed by atoms with Crippen LogP contribution in [-0.2, 0) is 4.79 Å². The van der Waals surface area contributed by atoms with Gasteiger partial charge in [-0.05, 0) is 33.2 Å². The van der Waals surface area contributed by atoms with Gasteiger partial charge in [-0.15, -0.1) is 0 Å². The second kappa shape index (κ2) is 2.81. The van der Waals surface area contributed by atoms with Crippen LogP contribution in [0.15, 0.2) is 0 Å². The Morgan fingerprint density at radius 3 is 2.85 bits per heavy atom. The molecule has 2 heterocycles. The zero-order valence-corrected chi connectivity index (χ0v) is 8.84. The largest absolute Gasteiger partial charge is 0.299 e. The molecule has 0 bridgehead atoms. The Labute approximate surface area is 80.3 Å². The molecular weight excluding hydrogens is 162 g/mol. The minimum absolute atomic E-state index is 0.116. The van der Waals surface area contributed by atoms with Gasteiger partial charge in [-0.2, -0.15) is 0 Å². The number of piperidine rings is 1. The summed E-state index contributed by atoms with van der Waals surface area (Å²) in [5.41, 5.74) is 0.116. The van der Waals surface area contributed by atoms with Crippen molar-refractivity contribution in [3.63, 3.8) is 0 Å². The van der Waals surface area contributed by atoms with Crippen LogP contribution in [0.3, 0.4) is 0 Å². The van der Waals surface area contributed by atoms with Gasteiger partial charge in [0.05, 0.1) is 0 Å². The van der Waals surface area contributed by atoms with Gasteiger partial charge in [0, 0.05) is 23.9 Å². The van der Waals surface area contributed by atoms with Crippen LogP contribution >= 0.6 is 0 Å². The monoisotopic (exact) mass is 181 g/mol. The second-order valence-electron chi connectivity index (χ2n) is 5.15. The van der Waals surface area contributed by atoms with Gasteiger partial charge in [-0.25, -0.2) is 0 Å². The highest BCUT2D eigenvalue weighted by Crippen LogP contribution is 2.38. The maximum atomic E-state index is 11.7. The van der Waals surface area contributed by atoms with E-state index in [1.54, 1.807) is 0 Å². The van der Waals surface area contributed by atoms with E-state index in [-0.39, 0.29) is 11.5 Å². The summed E-state index contributed by atoms with van der Waals surface area (Å²) in [5.74, 6) is 0.740. The molecule has 2 aliphatic rings. The Kier molecular flexibility index (Phi) is 1.99. The van der Waals surface area contributed by atoms with E-state index in [1.165, 1.54) is 19.4 Å². The number of ketones is 1. The molecule has 2 aliphatic heterocycles. The maximum Gasteiger partial charge on any atom is 0.139 e. The van der Waals surface area contributed by atoms with Crippen LogP contribution in [-0.4, -0.2) is 28.8 Å². The first-order valence-electron chi connectivity index (χ1n) is 5.32. The molecule has 0 aliphatic carbocycles. The molecule has 2 heteroatoms. The van der Waals surface area contributed by atoms with Crippen molar-refractivity contribution in [2.75, 3.05) is 6.54 Å². The van der Waals surface area contributed by atoms with E-state index < -0.39 is 0 Å². The van der Waals surface area contributed by atoms with Crippen LogP contribution in [0.1, 0.15) is 40.0 Å². The molecule has 74 valence electrons. The molecular formula is C11H19NO. The van der Waals surface area contributed by atoms with Crippen LogP contribution < -0.4 is 0 Å².